The lowest BCUT2D eigenvalue weighted by molar-refractivity contribution is -0.116. The summed E-state index contributed by atoms with van der Waals surface area (Å²) in [5, 5.41) is 3.67. The highest BCUT2D eigenvalue weighted by Gasteiger charge is 2.06. The van der Waals surface area contributed by atoms with Gasteiger partial charge in [-0.25, -0.2) is 9.97 Å². The number of carbonyl (C=O) groups excluding carboxylic acids is 1. The second kappa shape index (κ2) is 9.37. The van der Waals surface area contributed by atoms with Crippen LogP contribution in [0.2, 0.25) is 0 Å². The van der Waals surface area contributed by atoms with E-state index in [0.717, 1.165) is 38.4 Å². The molecule has 144 valence electrons. The van der Waals surface area contributed by atoms with E-state index >= 15 is 0 Å². The second-order valence-corrected chi connectivity index (χ2v) is 7.50. The third-order valence-corrected chi connectivity index (χ3v) is 4.96. The van der Waals surface area contributed by atoms with Crippen LogP contribution in [0.15, 0.2) is 64.6 Å². The molecule has 0 saturated heterocycles. The number of aryl methyl sites for hydroxylation is 3. The molecule has 1 heterocycles. The van der Waals surface area contributed by atoms with Crippen molar-refractivity contribution in [2.45, 2.75) is 36.7 Å². The summed E-state index contributed by atoms with van der Waals surface area (Å²) in [6, 6.07) is 17.4. The maximum absolute atomic E-state index is 12.2. The molecule has 0 radical (unpaired) electrons. The first-order valence-electron chi connectivity index (χ1n) is 9.05. The van der Waals surface area contributed by atoms with Crippen LogP contribution in [0.3, 0.4) is 0 Å². The quantitative estimate of drug-likeness (QED) is 0.583. The van der Waals surface area contributed by atoms with Crippen LogP contribution in [0.4, 0.5) is 5.69 Å². The molecule has 0 fully saturated rings. The molecule has 0 saturated carbocycles. The van der Waals surface area contributed by atoms with Gasteiger partial charge in [0.15, 0.2) is 5.16 Å². The topological polar surface area (TPSA) is 64.1 Å². The van der Waals surface area contributed by atoms with E-state index in [2.05, 4.69) is 15.3 Å². The van der Waals surface area contributed by atoms with Gasteiger partial charge < -0.3 is 10.1 Å². The fraction of sp³-hybridized carbons (Fsp3) is 0.227. The van der Waals surface area contributed by atoms with Crippen molar-refractivity contribution in [3.05, 3.63) is 71.5 Å². The molecule has 1 amide bonds. The molecule has 2 aromatic carbocycles. The molecule has 0 aliphatic heterocycles. The maximum Gasteiger partial charge on any atom is 0.224 e. The van der Waals surface area contributed by atoms with Crippen molar-refractivity contribution in [3.8, 4) is 5.75 Å². The fourth-order valence-corrected chi connectivity index (χ4v) is 3.62. The smallest absolute Gasteiger partial charge is 0.224 e. The van der Waals surface area contributed by atoms with Gasteiger partial charge in [0.2, 0.25) is 5.91 Å². The number of amides is 1. The number of rotatable bonds is 7. The molecule has 3 rings (SSSR count). The summed E-state index contributed by atoms with van der Waals surface area (Å²) >= 11 is 1.51. The van der Waals surface area contributed by atoms with E-state index in [1.165, 1.54) is 11.8 Å². The molecule has 5 nitrogen and oxygen atoms in total. The number of aromatic nitrogens is 2. The largest absolute Gasteiger partial charge is 0.497 e. The van der Waals surface area contributed by atoms with Gasteiger partial charge in [-0.2, -0.15) is 0 Å². The van der Waals surface area contributed by atoms with Crippen molar-refractivity contribution in [1.29, 1.82) is 0 Å². The lowest BCUT2D eigenvalue weighted by Crippen LogP contribution is -2.12. The molecule has 0 aliphatic rings. The number of ether oxygens (including phenoxy) is 1. The van der Waals surface area contributed by atoms with Crippen LogP contribution >= 0.6 is 11.8 Å². The molecule has 0 bridgehead atoms. The van der Waals surface area contributed by atoms with Crippen LogP contribution < -0.4 is 10.1 Å². The summed E-state index contributed by atoms with van der Waals surface area (Å²) in [6.07, 6.45) is 1.08. The SMILES string of the molecule is COc1cccc(CCC(=O)Nc2ccc(Sc3nc(C)cc(C)n3)cc2)c1. The van der Waals surface area contributed by atoms with Crippen molar-refractivity contribution in [3.63, 3.8) is 0 Å². The molecule has 0 atom stereocenters. The van der Waals surface area contributed by atoms with Crippen LogP contribution in [-0.4, -0.2) is 23.0 Å². The van der Waals surface area contributed by atoms with Crippen LogP contribution in [0.25, 0.3) is 0 Å². The van der Waals surface area contributed by atoms with Crippen LogP contribution in [-0.2, 0) is 11.2 Å². The minimum absolute atomic E-state index is 0.0131. The van der Waals surface area contributed by atoms with E-state index in [1.807, 2.05) is 68.4 Å². The molecule has 3 aromatic rings. The Balaban J connectivity index is 1.53. The van der Waals surface area contributed by atoms with E-state index in [1.54, 1.807) is 7.11 Å². The summed E-state index contributed by atoms with van der Waals surface area (Å²) in [4.78, 5) is 22.1. The standard InChI is InChI=1S/C22H23N3O2S/c1-15-13-16(2)24-22(23-15)28-20-10-8-18(9-11-20)25-21(26)12-7-17-5-4-6-19(14-17)27-3/h4-6,8-11,13-14H,7,12H2,1-3H3,(H,25,26). The first-order valence-corrected chi connectivity index (χ1v) is 9.86. The first-order chi connectivity index (χ1) is 13.5. The molecule has 1 N–H and O–H groups in total. The van der Waals surface area contributed by atoms with Gasteiger partial charge in [0.1, 0.15) is 5.75 Å². The van der Waals surface area contributed by atoms with E-state index in [0.29, 0.717) is 12.8 Å². The lowest BCUT2D eigenvalue weighted by Gasteiger charge is -2.08. The lowest BCUT2D eigenvalue weighted by atomic mass is 10.1. The summed E-state index contributed by atoms with van der Waals surface area (Å²) in [6.45, 7) is 3.92. The molecular weight excluding hydrogens is 370 g/mol. The minimum atomic E-state index is -0.0131. The monoisotopic (exact) mass is 393 g/mol. The van der Waals surface area contributed by atoms with Crippen molar-refractivity contribution < 1.29 is 9.53 Å². The van der Waals surface area contributed by atoms with Crippen molar-refractivity contribution in [2.24, 2.45) is 0 Å². The first kappa shape index (κ1) is 19.9. The third-order valence-electron chi connectivity index (χ3n) is 4.08. The second-order valence-electron chi connectivity index (χ2n) is 6.46. The number of hydrogen-bond acceptors (Lipinski definition) is 5. The van der Waals surface area contributed by atoms with Gasteiger partial charge in [-0.15, -0.1) is 0 Å². The van der Waals surface area contributed by atoms with Crippen molar-refractivity contribution in [1.82, 2.24) is 9.97 Å². The van der Waals surface area contributed by atoms with Crippen LogP contribution in [0, 0.1) is 13.8 Å². The zero-order valence-corrected chi connectivity index (χ0v) is 17.0. The number of methoxy groups -OCH3 is 1. The molecule has 6 heteroatoms. The number of nitrogens with one attached hydrogen (secondary N) is 1. The number of carbonyl (C=O) groups is 1. The molecular formula is C22H23N3O2S. The zero-order chi connectivity index (χ0) is 19.9. The Morgan fingerprint density at radius 2 is 1.75 bits per heavy atom. The average molecular weight is 394 g/mol. The predicted molar refractivity (Wildman–Crippen MR) is 112 cm³/mol. The Labute approximate surface area is 169 Å². The Hall–Kier alpha value is -2.86. The normalized spacial score (nSPS) is 10.5. The summed E-state index contributed by atoms with van der Waals surface area (Å²) < 4.78 is 5.21. The number of hydrogen-bond donors (Lipinski definition) is 1. The number of nitrogens with zero attached hydrogens (tertiary/aromatic N) is 2. The van der Waals surface area contributed by atoms with Gasteiger partial charge in [0.25, 0.3) is 0 Å². The van der Waals surface area contributed by atoms with Gasteiger partial charge in [-0.05, 0) is 80.1 Å². The Bertz CT molecular complexity index is 938. The number of benzene rings is 2. The maximum atomic E-state index is 12.2. The van der Waals surface area contributed by atoms with Crippen molar-refractivity contribution in [2.75, 3.05) is 12.4 Å². The Morgan fingerprint density at radius 1 is 1.04 bits per heavy atom. The highest BCUT2D eigenvalue weighted by atomic mass is 32.2. The molecule has 1 aromatic heterocycles. The molecule has 0 spiro atoms. The van der Waals surface area contributed by atoms with Gasteiger partial charge in [-0.1, -0.05) is 12.1 Å². The summed E-state index contributed by atoms with van der Waals surface area (Å²) in [7, 11) is 1.64. The van der Waals surface area contributed by atoms with Gasteiger partial charge >= 0.3 is 0 Å². The average Bonchev–Trinajstić information content (AvgIpc) is 2.67. The van der Waals surface area contributed by atoms with Gasteiger partial charge in [0.05, 0.1) is 7.11 Å². The highest BCUT2D eigenvalue weighted by molar-refractivity contribution is 7.99. The third kappa shape index (κ3) is 5.82. The molecule has 0 unspecified atom stereocenters. The number of anilines is 1. The molecule has 0 aliphatic carbocycles. The van der Waals surface area contributed by atoms with Crippen LogP contribution in [0.5, 0.6) is 5.75 Å². The summed E-state index contributed by atoms with van der Waals surface area (Å²) in [5.74, 6) is 0.791. The van der Waals surface area contributed by atoms with E-state index < -0.39 is 0 Å². The van der Waals surface area contributed by atoms with Crippen LogP contribution in [0.1, 0.15) is 23.4 Å². The Kier molecular flexibility index (Phi) is 6.66. The van der Waals surface area contributed by atoms with E-state index in [-0.39, 0.29) is 5.91 Å². The van der Waals surface area contributed by atoms with Gasteiger partial charge in [-0.3, -0.25) is 4.79 Å². The highest BCUT2D eigenvalue weighted by Crippen LogP contribution is 2.26. The Morgan fingerprint density at radius 3 is 2.43 bits per heavy atom. The van der Waals surface area contributed by atoms with E-state index in [9.17, 15) is 4.79 Å². The fourth-order valence-electron chi connectivity index (χ4n) is 2.76. The van der Waals surface area contributed by atoms with Gasteiger partial charge in [0, 0.05) is 28.4 Å². The zero-order valence-electron chi connectivity index (χ0n) is 16.2. The summed E-state index contributed by atoms with van der Waals surface area (Å²) in [5.41, 5.74) is 3.76. The predicted octanol–water partition coefficient (Wildman–Crippen LogP) is 4.82. The minimum Gasteiger partial charge on any atom is -0.497 e. The van der Waals surface area contributed by atoms with E-state index in [4.69, 9.17) is 4.74 Å². The molecule has 28 heavy (non-hydrogen) atoms. The van der Waals surface area contributed by atoms with Crippen molar-refractivity contribution >= 4 is 23.4 Å².